The fraction of sp³-hybridized carbons (Fsp3) is 0.646. The van der Waals surface area contributed by atoms with E-state index in [2.05, 4.69) is 66.7 Å². The highest BCUT2D eigenvalue weighted by Crippen LogP contribution is 2.69. The Bertz CT molecular complexity index is 5290. The van der Waals surface area contributed by atoms with Gasteiger partial charge < -0.3 is 70.3 Å². The number of hydrogen-bond acceptors (Lipinski definition) is 25. The van der Waals surface area contributed by atoms with Gasteiger partial charge in [-0.1, -0.05) is 85.6 Å². The van der Waals surface area contributed by atoms with Gasteiger partial charge in [-0.3, -0.25) is 38.8 Å². The van der Waals surface area contributed by atoms with Crippen molar-refractivity contribution in [2.24, 2.45) is 106 Å². The van der Waals surface area contributed by atoms with Crippen LogP contribution in [0.25, 0.3) is 0 Å². The first-order chi connectivity index (χ1) is 62.0. The third-order valence-corrected chi connectivity index (χ3v) is 32.1. The van der Waals surface area contributed by atoms with Crippen LogP contribution in [-0.4, -0.2) is 223 Å². The highest BCUT2D eigenvalue weighted by molar-refractivity contribution is 6.11. The predicted molar refractivity (Wildman–Crippen MR) is 479 cm³/mol. The molecule has 8 spiro atoms. The van der Waals surface area contributed by atoms with Gasteiger partial charge in [-0.05, 0) is 239 Å². The van der Waals surface area contributed by atoms with Crippen molar-refractivity contribution < 1.29 is 75.3 Å². The summed E-state index contributed by atoms with van der Waals surface area (Å²) in [6.07, 6.45) is 11.9. The molecule has 0 radical (unpaired) electrons. The van der Waals surface area contributed by atoms with Gasteiger partial charge in [0.15, 0.2) is 51.8 Å². The summed E-state index contributed by atoms with van der Waals surface area (Å²) in [4.78, 5) is 82.7. The Balaban J connectivity index is 0.000000127. The molecule has 31 heteroatoms. The van der Waals surface area contributed by atoms with Crippen molar-refractivity contribution in [1.29, 1.82) is 15.8 Å². The van der Waals surface area contributed by atoms with Crippen molar-refractivity contribution in [3.8, 4) is 18.2 Å². The van der Waals surface area contributed by atoms with E-state index in [-0.39, 0.29) is 144 Å². The average molecular weight is 1790 g/mol. The van der Waals surface area contributed by atoms with Crippen molar-refractivity contribution in [3.05, 3.63) is 140 Å². The summed E-state index contributed by atoms with van der Waals surface area (Å²) in [6.45, 7) is 24.4. The van der Waals surface area contributed by atoms with Crippen molar-refractivity contribution in [2.75, 3.05) is 107 Å². The molecular formula is C99H129F2N15O14. The van der Waals surface area contributed by atoms with Crippen LogP contribution in [0.4, 0.5) is 8.78 Å². The van der Waals surface area contributed by atoms with E-state index < -0.39 is 49.9 Å². The number of nitrogens with two attached hydrogens (primary N) is 4. The van der Waals surface area contributed by atoms with E-state index in [4.69, 9.17) is 90.3 Å². The Morgan fingerprint density at radius 1 is 0.469 bits per heavy atom. The number of methoxy groups -OCH3 is 4. The summed E-state index contributed by atoms with van der Waals surface area (Å²) in [7, 11) is 7.03. The number of amides is 4. The monoisotopic (exact) mass is 1790 g/mol. The molecule has 0 aromatic heterocycles. The van der Waals surface area contributed by atoms with Crippen molar-refractivity contribution in [3.63, 3.8) is 0 Å². The molecule has 15 aliphatic rings. The summed E-state index contributed by atoms with van der Waals surface area (Å²) in [5.74, 6) is 0.407. The topological polar surface area (TPSA) is 398 Å². The van der Waals surface area contributed by atoms with Gasteiger partial charge >= 0.3 is 0 Å². The van der Waals surface area contributed by atoms with Crippen LogP contribution in [0, 0.1) is 103 Å². The Hall–Kier alpha value is -9.43. The van der Waals surface area contributed by atoms with Crippen LogP contribution in [0.5, 0.6) is 0 Å². The second kappa shape index (κ2) is 35.5. The summed E-state index contributed by atoms with van der Waals surface area (Å²) >= 11 is 0. The molecular weight excluding hydrogens is 1660 g/mol. The number of rotatable bonds is 14. The second-order valence-electron chi connectivity index (χ2n) is 40.7. The number of fused-ring (bicyclic) bond motifs is 12. The lowest BCUT2D eigenvalue weighted by atomic mass is 9.56. The molecule has 0 bridgehead atoms. The standard InChI is InChI=1S/C25H33FN4O2.2C25H32N4O4.C24H32FN3O4/c1-6-17-11-24(10-15(2)20(17)32-5)12-18-8-7-16(13-27)9-19(18)25(24)21(31)30(22(28)29-25)14-23(3,4)26;1-15-9-24(10-16(2)21(15)31-3)11-18-5-4-17(12-26)8-20(18)25(24)22(30)29(23(27)28-25)13-19-14-32-6-7-33-19;1-3-17-11-24(7-6-21(17)31-2)12-18-5-4-16(13-26)10-20(18)25(24)22(30)29(23(27)28-25)14-19-15-32-8-9-33-19;1-14-10-23(11-15(2)19(14)30-4)12-16-5-6-17(25)9-18(16)24(23)20(29)28(21(26)27-24)13-22(3)31-7-8-32-22/h7-9,15,17,20H,6,10-12,14H2,1-5H3,(H2,28,29);4-5,8,15-16,19,21H,6-7,9-11,13-14H2,1-3H3,(H2,27,28);4-5,10,17,19,21H,3,6-9,11-12,14-15H2,1-2H3,(H2,27,28);5-6,9,14-15,19H,7-8,10-13H2,1-4H3,(H2,26,27)/t15-,17+,20+,24+,25+;15-,16+,19?,21?,24?,25-;17-,19+,21-,24-,25-;14-,15+,19?,23?,24-/m0111/s1. The molecule has 4 amide bonds. The minimum Gasteiger partial charge on any atom is -0.381 e. The van der Waals surface area contributed by atoms with E-state index in [1.54, 1.807) is 63.4 Å². The molecule has 5 unspecified atom stereocenters. The van der Waals surface area contributed by atoms with Crippen LogP contribution in [0.1, 0.15) is 201 Å². The molecule has 8 N–H and O–H groups in total. The quantitative estimate of drug-likeness (QED) is 0.0911. The third kappa shape index (κ3) is 15.2. The van der Waals surface area contributed by atoms with Crippen molar-refractivity contribution in [1.82, 2.24) is 19.6 Å². The van der Waals surface area contributed by atoms with Crippen LogP contribution in [0.2, 0.25) is 0 Å². The normalized spacial score (nSPS) is 36.5. The highest BCUT2D eigenvalue weighted by Gasteiger charge is 2.74. The van der Waals surface area contributed by atoms with Crippen LogP contribution in [0.15, 0.2) is 92.8 Å². The van der Waals surface area contributed by atoms with Gasteiger partial charge in [0.05, 0.1) is 151 Å². The highest BCUT2D eigenvalue weighted by atomic mass is 19.1. The number of alkyl halides is 1. The number of nitriles is 3. The Kier molecular flexibility index (Phi) is 25.6. The number of halogens is 2. The number of hydrogen-bond donors (Lipinski definition) is 4. The maximum absolute atomic E-state index is 14.6. The molecule has 4 saturated carbocycles. The fourth-order valence-corrected chi connectivity index (χ4v) is 27.4. The first-order valence-electron chi connectivity index (χ1n) is 46.5. The molecule has 7 aliphatic heterocycles. The first-order valence-corrected chi connectivity index (χ1v) is 46.5. The predicted octanol–water partition coefficient (Wildman–Crippen LogP) is 10.3. The third-order valence-electron chi connectivity index (χ3n) is 32.1. The lowest BCUT2D eigenvalue weighted by molar-refractivity contribution is -0.164. The SMILES string of the molecule is CC[C@@H]1C[C@@]2(Cc3ccc(C#N)cc3[C@]23N=C(N)N(CC(C)(C)F)C3=O)C[C@H](C)[C@H]1OC.CC[C@@H]1C[C@]2(CC[C@H]1OC)Cc1ccc(C#N)cc1[C@]21N=C(N)N(C[C@H]2COCCO2)C1=O.COC1[C@H](C)CC2(Cc3ccc(C#N)cc3[C@]23N=C(N)N(CC2COCCO2)C3=O)C[C@@H]1C.COC1[C@H](C)CC2(Cc3ccc(F)cc3[C@]23N=C(N)N(CC2(C)OCCO2)C3=O)C[C@@H]1C. The molecule has 3 saturated heterocycles. The zero-order valence-corrected chi connectivity index (χ0v) is 77.7. The van der Waals surface area contributed by atoms with Crippen LogP contribution in [-0.2, 0) is 114 Å². The number of carbonyl (C=O) groups is 4. The van der Waals surface area contributed by atoms with E-state index in [0.29, 0.717) is 107 Å². The molecule has 130 heavy (non-hydrogen) atoms. The van der Waals surface area contributed by atoms with E-state index in [0.717, 1.165) is 122 Å². The maximum Gasteiger partial charge on any atom is 0.262 e. The summed E-state index contributed by atoms with van der Waals surface area (Å²) < 4.78 is 86.5. The average Bonchev–Trinajstić information content (AvgIpc) is 1.54. The largest absolute Gasteiger partial charge is 0.381 e. The summed E-state index contributed by atoms with van der Waals surface area (Å²) in [5, 5.41) is 28.7. The number of guanidine groups is 4. The molecule has 4 aromatic carbocycles. The summed E-state index contributed by atoms with van der Waals surface area (Å²) in [6, 6.07) is 28.3. The molecule has 19 rings (SSSR count). The number of ether oxygens (including phenoxy) is 10. The Morgan fingerprint density at radius 2 is 0.823 bits per heavy atom. The van der Waals surface area contributed by atoms with Gasteiger partial charge in [0, 0.05) is 50.1 Å². The number of carbonyl (C=O) groups excluding carboxylic acids is 4. The molecule has 7 fully saturated rings. The minimum atomic E-state index is -1.61. The van der Waals surface area contributed by atoms with E-state index >= 15 is 0 Å². The number of nitrogens with zero attached hydrogens (tertiary/aromatic N) is 11. The fourth-order valence-electron chi connectivity index (χ4n) is 27.4. The van der Waals surface area contributed by atoms with Crippen LogP contribution >= 0.6 is 0 Å². The Morgan fingerprint density at radius 3 is 1.21 bits per heavy atom. The number of aliphatic imine (C=N–C) groups is 4. The van der Waals surface area contributed by atoms with Gasteiger partial charge in [-0.2, -0.15) is 15.8 Å². The van der Waals surface area contributed by atoms with Crippen molar-refractivity contribution >= 4 is 47.5 Å². The maximum atomic E-state index is 14.6. The minimum absolute atomic E-state index is 0.0601. The van der Waals surface area contributed by atoms with Gasteiger partial charge in [0.25, 0.3) is 23.6 Å². The Labute approximate surface area is 761 Å². The first kappa shape index (κ1) is 93.8. The molecule has 698 valence electrons. The molecule has 21 atom stereocenters. The zero-order chi connectivity index (χ0) is 93.0. The molecule has 29 nitrogen and oxygen atoms in total. The molecule has 8 aliphatic carbocycles. The van der Waals surface area contributed by atoms with Gasteiger partial charge in [-0.25, -0.2) is 28.8 Å². The zero-order valence-electron chi connectivity index (χ0n) is 77.7. The smallest absolute Gasteiger partial charge is 0.262 e. The van der Waals surface area contributed by atoms with Crippen molar-refractivity contribution in [2.45, 2.75) is 236 Å². The second-order valence-corrected chi connectivity index (χ2v) is 40.7. The summed E-state index contributed by atoms with van der Waals surface area (Å²) in [5.41, 5.74) is 26.2. The van der Waals surface area contributed by atoms with E-state index in [9.17, 15) is 43.7 Å². The van der Waals surface area contributed by atoms with Gasteiger partial charge in [-0.15, -0.1) is 0 Å². The van der Waals surface area contributed by atoms with Crippen LogP contribution < -0.4 is 22.9 Å². The number of benzene rings is 4. The lowest BCUT2D eigenvalue weighted by Crippen LogP contribution is -2.57. The van der Waals surface area contributed by atoms with Crippen LogP contribution in [0.3, 0.4) is 0 Å². The lowest BCUT2D eigenvalue weighted by Gasteiger charge is -2.51. The van der Waals surface area contributed by atoms with Gasteiger partial charge in [0.1, 0.15) is 11.5 Å². The van der Waals surface area contributed by atoms with Gasteiger partial charge in [0.2, 0.25) is 0 Å². The van der Waals surface area contributed by atoms with E-state index in [1.807, 2.05) is 42.5 Å². The van der Waals surface area contributed by atoms with E-state index in [1.165, 1.54) is 35.8 Å². The molecule has 7 heterocycles. The molecule has 4 aromatic rings.